The minimum atomic E-state index is -0.333. The molecule has 7 heteroatoms. The number of benzene rings is 1. The van der Waals surface area contributed by atoms with Crippen LogP contribution in [0.5, 0.6) is 5.75 Å². The molecule has 2 atom stereocenters. The van der Waals surface area contributed by atoms with Gasteiger partial charge >= 0.3 is 5.97 Å². The first-order chi connectivity index (χ1) is 13.1. The van der Waals surface area contributed by atoms with Gasteiger partial charge in [0.2, 0.25) is 0 Å². The number of hydrogen-bond acceptors (Lipinski definition) is 6. The number of likely N-dealkylation sites (tertiary alicyclic amines) is 1. The molecule has 0 N–H and O–H groups in total. The van der Waals surface area contributed by atoms with E-state index in [0.717, 1.165) is 42.1 Å². The normalized spacial score (nSPS) is 22.3. The van der Waals surface area contributed by atoms with Gasteiger partial charge in [0.1, 0.15) is 5.75 Å². The number of carbonyl (C=O) groups excluding carboxylic acids is 2. The van der Waals surface area contributed by atoms with Crippen molar-refractivity contribution in [3.8, 4) is 5.75 Å². The third-order valence-electron chi connectivity index (χ3n) is 5.32. The maximum absolute atomic E-state index is 12.6. The average Bonchev–Trinajstić information content (AvgIpc) is 3.37. The highest BCUT2D eigenvalue weighted by Crippen LogP contribution is 2.33. The molecule has 3 rings (SSSR count). The second kappa shape index (κ2) is 9.46. The summed E-state index contributed by atoms with van der Waals surface area (Å²) in [6, 6.07) is 8.26. The van der Waals surface area contributed by atoms with E-state index in [0.29, 0.717) is 12.6 Å². The number of rotatable bonds is 7. The van der Waals surface area contributed by atoms with Crippen LogP contribution in [-0.2, 0) is 14.3 Å². The van der Waals surface area contributed by atoms with Gasteiger partial charge in [0.05, 0.1) is 19.7 Å². The zero-order valence-electron chi connectivity index (χ0n) is 16.1. The molecule has 0 spiro atoms. The first-order valence-corrected chi connectivity index (χ1v) is 10.6. The van der Waals surface area contributed by atoms with Gasteiger partial charge in [-0.05, 0) is 49.8 Å². The predicted molar refractivity (Wildman–Crippen MR) is 106 cm³/mol. The molecule has 2 fully saturated rings. The summed E-state index contributed by atoms with van der Waals surface area (Å²) in [6.07, 6.45) is 2.96. The van der Waals surface area contributed by atoms with Crippen LogP contribution in [-0.4, -0.2) is 73.1 Å². The number of amides is 1. The van der Waals surface area contributed by atoms with Crippen LogP contribution in [0.4, 0.5) is 0 Å². The topological polar surface area (TPSA) is 59.1 Å². The van der Waals surface area contributed by atoms with Crippen molar-refractivity contribution < 1.29 is 19.1 Å². The van der Waals surface area contributed by atoms with E-state index in [1.54, 1.807) is 7.11 Å². The first kappa shape index (κ1) is 20.0. The van der Waals surface area contributed by atoms with Gasteiger partial charge in [0, 0.05) is 18.3 Å². The van der Waals surface area contributed by atoms with Crippen LogP contribution in [0.25, 0.3) is 0 Å². The fourth-order valence-corrected chi connectivity index (χ4v) is 5.03. The van der Waals surface area contributed by atoms with Gasteiger partial charge in [-0.15, -0.1) is 0 Å². The Bertz CT molecular complexity index is 663. The van der Waals surface area contributed by atoms with Gasteiger partial charge in [-0.3, -0.25) is 14.5 Å². The summed E-state index contributed by atoms with van der Waals surface area (Å²) >= 11 is 1.91. The Kier molecular flexibility index (Phi) is 7.01. The van der Waals surface area contributed by atoms with Crippen molar-refractivity contribution >= 4 is 23.6 Å². The maximum Gasteiger partial charge on any atom is 0.320 e. The number of ether oxygens (including phenoxy) is 2. The molecule has 1 aromatic rings. The summed E-state index contributed by atoms with van der Waals surface area (Å²) in [5.74, 6) is 2.51. The van der Waals surface area contributed by atoms with E-state index in [4.69, 9.17) is 9.47 Å². The Labute approximate surface area is 165 Å². The molecule has 148 valence electrons. The van der Waals surface area contributed by atoms with E-state index in [-0.39, 0.29) is 31.1 Å². The number of nitrogens with zero attached hydrogens (tertiary/aromatic N) is 2. The van der Waals surface area contributed by atoms with E-state index in [2.05, 4.69) is 0 Å². The van der Waals surface area contributed by atoms with Gasteiger partial charge in [-0.2, -0.15) is 11.8 Å². The number of methoxy groups -OCH3 is 1. The molecule has 27 heavy (non-hydrogen) atoms. The van der Waals surface area contributed by atoms with Crippen LogP contribution in [0, 0.1) is 0 Å². The highest BCUT2D eigenvalue weighted by atomic mass is 32.2. The van der Waals surface area contributed by atoms with Crippen LogP contribution in [0.1, 0.15) is 30.9 Å². The smallest absolute Gasteiger partial charge is 0.320 e. The Balaban J connectivity index is 1.51. The monoisotopic (exact) mass is 392 g/mol. The minimum absolute atomic E-state index is 0.0180. The summed E-state index contributed by atoms with van der Waals surface area (Å²) in [6.45, 7) is 0.738. The molecule has 0 saturated carbocycles. The molecule has 2 aliphatic heterocycles. The molecular formula is C20H28N2O4S. The second-order valence-corrected chi connectivity index (χ2v) is 8.26. The number of thioether (sulfide) groups is 1. The molecule has 0 aliphatic carbocycles. The summed E-state index contributed by atoms with van der Waals surface area (Å²) in [4.78, 5) is 28.6. The third-order valence-corrected chi connectivity index (χ3v) is 6.46. The average molecular weight is 393 g/mol. The number of carbonyl (C=O) groups is 2. The summed E-state index contributed by atoms with van der Waals surface area (Å²) in [7, 11) is 3.58. The first-order valence-electron chi connectivity index (χ1n) is 9.45. The zero-order chi connectivity index (χ0) is 19.2. The van der Waals surface area contributed by atoms with E-state index in [1.807, 2.05) is 52.9 Å². The molecule has 0 unspecified atom stereocenters. The van der Waals surface area contributed by atoms with Crippen molar-refractivity contribution in [3.05, 3.63) is 29.8 Å². The molecule has 1 amide bonds. The van der Waals surface area contributed by atoms with E-state index >= 15 is 0 Å². The van der Waals surface area contributed by atoms with Crippen molar-refractivity contribution in [3.63, 3.8) is 0 Å². The van der Waals surface area contributed by atoms with Crippen molar-refractivity contribution in [2.75, 3.05) is 45.4 Å². The lowest BCUT2D eigenvalue weighted by atomic mass is 10.0. The number of likely N-dealkylation sites (N-methyl/N-ethyl adjacent to an activating group) is 1. The Morgan fingerprint density at radius 2 is 2.19 bits per heavy atom. The van der Waals surface area contributed by atoms with Crippen molar-refractivity contribution in [1.29, 1.82) is 0 Å². The Hall–Kier alpha value is -1.73. The fourth-order valence-electron chi connectivity index (χ4n) is 3.73. The van der Waals surface area contributed by atoms with Crippen molar-refractivity contribution in [2.45, 2.75) is 31.3 Å². The van der Waals surface area contributed by atoms with Gasteiger partial charge < -0.3 is 14.4 Å². The van der Waals surface area contributed by atoms with Gasteiger partial charge in [-0.1, -0.05) is 12.1 Å². The maximum atomic E-state index is 12.6. The van der Waals surface area contributed by atoms with E-state index < -0.39 is 0 Å². The highest BCUT2D eigenvalue weighted by molar-refractivity contribution is 7.99. The highest BCUT2D eigenvalue weighted by Gasteiger charge is 2.31. The molecular weight excluding hydrogens is 364 g/mol. The number of esters is 1. The quantitative estimate of drug-likeness (QED) is 0.664. The van der Waals surface area contributed by atoms with Crippen LogP contribution in [0.2, 0.25) is 0 Å². The lowest BCUT2D eigenvalue weighted by Crippen LogP contribution is -2.38. The molecule has 2 saturated heterocycles. The molecule has 6 nitrogen and oxygen atoms in total. The van der Waals surface area contributed by atoms with Crippen LogP contribution < -0.4 is 4.74 Å². The van der Waals surface area contributed by atoms with Gasteiger partial charge in [0.15, 0.2) is 6.61 Å². The zero-order valence-corrected chi connectivity index (χ0v) is 16.9. The van der Waals surface area contributed by atoms with Crippen LogP contribution in [0.3, 0.4) is 0 Å². The molecule has 2 heterocycles. The molecule has 1 aromatic carbocycles. The number of hydrogen-bond donors (Lipinski definition) is 0. The summed E-state index contributed by atoms with van der Waals surface area (Å²) in [5, 5.41) is 0. The third kappa shape index (κ3) is 5.17. The minimum Gasteiger partial charge on any atom is -0.497 e. The lowest BCUT2D eigenvalue weighted by Gasteiger charge is -2.26. The summed E-state index contributed by atoms with van der Waals surface area (Å²) in [5.41, 5.74) is 1.06. The standard InChI is InChI=1S/C20H28N2O4S/c1-21(16-8-10-27-14-16)12-20(24)26-13-19(23)22-9-4-7-18(22)15-5-3-6-17(11-15)25-2/h3,5-6,11,16,18H,4,7-10,12-14H2,1-2H3/t16-,18-/m0/s1. The Morgan fingerprint density at radius 1 is 1.33 bits per heavy atom. The van der Waals surface area contributed by atoms with Crippen LogP contribution >= 0.6 is 11.8 Å². The Morgan fingerprint density at radius 3 is 2.93 bits per heavy atom. The largest absolute Gasteiger partial charge is 0.497 e. The molecule has 2 aliphatic rings. The van der Waals surface area contributed by atoms with Gasteiger partial charge in [-0.25, -0.2) is 0 Å². The fraction of sp³-hybridized carbons (Fsp3) is 0.600. The molecule has 0 bridgehead atoms. The van der Waals surface area contributed by atoms with E-state index in [9.17, 15) is 9.59 Å². The van der Waals surface area contributed by atoms with Gasteiger partial charge in [0.25, 0.3) is 5.91 Å². The van der Waals surface area contributed by atoms with Crippen LogP contribution in [0.15, 0.2) is 24.3 Å². The lowest BCUT2D eigenvalue weighted by molar-refractivity contribution is -0.153. The molecule has 0 aromatic heterocycles. The molecule has 0 radical (unpaired) electrons. The van der Waals surface area contributed by atoms with E-state index in [1.165, 1.54) is 0 Å². The van der Waals surface area contributed by atoms with Crippen molar-refractivity contribution in [2.24, 2.45) is 0 Å². The van der Waals surface area contributed by atoms with Crippen molar-refractivity contribution in [1.82, 2.24) is 9.80 Å². The predicted octanol–water partition coefficient (Wildman–Crippen LogP) is 2.34. The second-order valence-electron chi connectivity index (χ2n) is 7.11. The summed E-state index contributed by atoms with van der Waals surface area (Å²) < 4.78 is 10.6. The SMILES string of the molecule is COc1cccc([C@@H]2CCCN2C(=O)COC(=O)CN(C)[C@H]2CCSC2)c1.